The number of amides is 1. The van der Waals surface area contributed by atoms with Gasteiger partial charge in [-0.25, -0.2) is 4.68 Å². The summed E-state index contributed by atoms with van der Waals surface area (Å²) in [5.41, 5.74) is 2.84. The Hall–Kier alpha value is -3.01. The average molecular weight is 468 g/mol. The smallest absolute Gasteiger partial charge is 0.282 e. The van der Waals surface area contributed by atoms with Crippen LogP contribution in [-0.2, 0) is 10.2 Å². The molecule has 9 heteroatoms. The molecule has 0 spiro atoms. The summed E-state index contributed by atoms with van der Waals surface area (Å²) in [6, 6.07) is 19.3. The molecule has 0 saturated carbocycles. The molecule has 0 radical (unpaired) electrons. The van der Waals surface area contributed by atoms with Crippen molar-refractivity contribution in [1.82, 2.24) is 23.3 Å². The number of carbonyl (C=O) groups is 1. The molecule has 0 aliphatic carbocycles. The van der Waals surface area contributed by atoms with Crippen LogP contribution in [0.4, 0.5) is 0 Å². The Morgan fingerprint density at radius 3 is 2.06 bits per heavy atom. The molecule has 3 aromatic rings. The molecule has 2 heterocycles. The van der Waals surface area contributed by atoms with E-state index in [2.05, 4.69) is 0 Å². The monoisotopic (exact) mass is 467 g/mol. The predicted octanol–water partition coefficient (Wildman–Crippen LogP) is 2.88. The van der Waals surface area contributed by atoms with Crippen LogP contribution in [0.5, 0.6) is 0 Å². The van der Waals surface area contributed by atoms with Gasteiger partial charge in [-0.1, -0.05) is 62.4 Å². The quantitative estimate of drug-likeness (QED) is 0.535. The molecule has 4 rings (SSSR count). The number of aromatic nitrogens is 2. The Labute approximate surface area is 195 Å². The molecule has 2 aromatic carbocycles. The third-order valence-electron chi connectivity index (χ3n) is 5.90. The molecule has 0 N–H and O–H groups in total. The first-order chi connectivity index (χ1) is 16.0. The van der Waals surface area contributed by atoms with E-state index < -0.39 is 10.2 Å². The summed E-state index contributed by atoms with van der Waals surface area (Å²) in [7, 11) is -3.51. The van der Waals surface area contributed by atoms with Crippen molar-refractivity contribution in [3.63, 3.8) is 0 Å². The first-order valence-corrected chi connectivity index (χ1v) is 12.6. The molecule has 33 heavy (non-hydrogen) atoms. The maximum absolute atomic E-state index is 13.5. The standard InChI is InChI=1S/C24H29N5O3S/c1-3-27(4-2)33(31,32)28-17-15-26(16-18-28)24(30)22-19-29(21-13-9-6-10-14-21)25-23(22)20-11-7-5-8-12-20/h5-14,19H,3-4,15-18H2,1-2H3. The number of nitrogens with zero attached hydrogens (tertiary/aromatic N) is 5. The lowest BCUT2D eigenvalue weighted by molar-refractivity contribution is 0.0695. The number of benzene rings is 2. The van der Waals surface area contributed by atoms with Gasteiger partial charge in [0.25, 0.3) is 16.1 Å². The zero-order valence-electron chi connectivity index (χ0n) is 19.0. The van der Waals surface area contributed by atoms with Crippen LogP contribution in [-0.4, -0.2) is 76.9 Å². The molecule has 1 aliphatic rings. The van der Waals surface area contributed by atoms with Crippen molar-refractivity contribution >= 4 is 16.1 Å². The Kier molecular flexibility index (Phi) is 6.92. The topological polar surface area (TPSA) is 78.8 Å². The summed E-state index contributed by atoms with van der Waals surface area (Å²) >= 11 is 0. The highest BCUT2D eigenvalue weighted by molar-refractivity contribution is 7.86. The summed E-state index contributed by atoms with van der Waals surface area (Å²) in [6.07, 6.45) is 1.76. The number of piperazine rings is 1. The van der Waals surface area contributed by atoms with Gasteiger partial charge in [-0.3, -0.25) is 4.79 Å². The molecular weight excluding hydrogens is 438 g/mol. The first-order valence-electron chi connectivity index (χ1n) is 11.2. The predicted molar refractivity (Wildman–Crippen MR) is 128 cm³/mol. The van der Waals surface area contributed by atoms with Crippen LogP contribution in [0, 0.1) is 0 Å². The van der Waals surface area contributed by atoms with Gasteiger partial charge in [0.15, 0.2) is 0 Å². The maximum atomic E-state index is 13.5. The maximum Gasteiger partial charge on any atom is 0.282 e. The van der Waals surface area contributed by atoms with Gasteiger partial charge in [-0.15, -0.1) is 0 Å². The number of rotatable bonds is 7. The third-order valence-corrected chi connectivity index (χ3v) is 8.08. The molecule has 1 aliphatic heterocycles. The molecule has 0 bridgehead atoms. The van der Waals surface area contributed by atoms with Crippen molar-refractivity contribution in [3.05, 3.63) is 72.4 Å². The summed E-state index contributed by atoms with van der Waals surface area (Å²) in [4.78, 5) is 15.3. The van der Waals surface area contributed by atoms with E-state index in [0.29, 0.717) is 37.4 Å². The summed E-state index contributed by atoms with van der Waals surface area (Å²) in [5, 5.41) is 4.72. The first kappa shape index (κ1) is 23.2. The molecule has 1 saturated heterocycles. The van der Waals surface area contributed by atoms with Gasteiger partial charge in [-0.05, 0) is 12.1 Å². The minimum atomic E-state index is -3.51. The highest BCUT2D eigenvalue weighted by Gasteiger charge is 2.33. The average Bonchev–Trinajstić information content (AvgIpc) is 3.31. The van der Waals surface area contributed by atoms with E-state index in [1.165, 1.54) is 8.61 Å². The summed E-state index contributed by atoms with van der Waals surface area (Å²) < 4.78 is 30.3. The fraction of sp³-hybridized carbons (Fsp3) is 0.333. The van der Waals surface area contributed by atoms with Crippen LogP contribution in [0.25, 0.3) is 16.9 Å². The van der Waals surface area contributed by atoms with Gasteiger partial charge in [-0.2, -0.15) is 22.1 Å². The van der Waals surface area contributed by atoms with Gasteiger partial charge < -0.3 is 4.90 Å². The van der Waals surface area contributed by atoms with Crippen molar-refractivity contribution in [2.45, 2.75) is 13.8 Å². The van der Waals surface area contributed by atoms with Gasteiger partial charge in [0.1, 0.15) is 5.69 Å². The van der Waals surface area contributed by atoms with Gasteiger partial charge in [0.05, 0.1) is 11.3 Å². The minimum absolute atomic E-state index is 0.143. The Morgan fingerprint density at radius 2 is 1.48 bits per heavy atom. The van der Waals surface area contributed by atoms with Crippen molar-refractivity contribution in [3.8, 4) is 16.9 Å². The molecule has 1 amide bonds. The van der Waals surface area contributed by atoms with Crippen LogP contribution in [0.1, 0.15) is 24.2 Å². The fourth-order valence-corrected chi connectivity index (χ4v) is 5.66. The second kappa shape index (κ2) is 9.86. The SMILES string of the molecule is CCN(CC)S(=O)(=O)N1CCN(C(=O)c2cn(-c3ccccc3)nc2-c2ccccc2)CC1. The Bertz CT molecular complexity index is 1180. The van der Waals surface area contributed by atoms with Gasteiger partial charge in [0.2, 0.25) is 0 Å². The van der Waals surface area contributed by atoms with Crippen molar-refractivity contribution in [2.24, 2.45) is 0 Å². The van der Waals surface area contributed by atoms with Crippen LogP contribution < -0.4 is 0 Å². The number of carbonyl (C=O) groups excluding carboxylic acids is 1. The molecule has 174 valence electrons. The fourth-order valence-electron chi connectivity index (χ4n) is 4.06. The zero-order chi connectivity index (χ0) is 23.4. The van der Waals surface area contributed by atoms with Crippen LogP contribution in [0.15, 0.2) is 66.9 Å². The van der Waals surface area contributed by atoms with Crippen LogP contribution >= 0.6 is 0 Å². The number of hydrogen-bond acceptors (Lipinski definition) is 4. The van der Waals surface area contributed by atoms with Crippen LogP contribution in [0.2, 0.25) is 0 Å². The van der Waals surface area contributed by atoms with Crippen LogP contribution in [0.3, 0.4) is 0 Å². The van der Waals surface area contributed by atoms with E-state index in [9.17, 15) is 13.2 Å². The molecule has 0 atom stereocenters. The lowest BCUT2D eigenvalue weighted by Gasteiger charge is -2.36. The lowest BCUT2D eigenvalue weighted by atomic mass is 10.1. The van der Waals surface area contributed by atoms with E-state index in [4.69, 9.17) is 5.10 Å². The second-order valence-corrected chi connectivity index (χ2v) is 9.75. The minimum Gasteiger partial charge on any atom is -0.336 e. The van der Waals surface area contributed by atoms with Crippen molar-refractivity contribution < 1.29 is 13.2 Å². The number of para-hydroxylation sites is 1. The van der Waals surface area contributed by atoms with Crippen molar-refractivity contribution in [1.29, 1.82) is 0 Å². The lowest BCUT2D eigenvalue weighted by Crippen LogP contribution is -2.54. The van der Waals surface area contributed by atoms with E-state index in [1.807, 2.05) is 74.5 Å². The molecule has 8 nitrogen and oxygen atoms in total. The van der Waals surface area contributed by atoms with E-state index in [-0.39, 0.29) is 19.0 Å². The molecule has 1 fully saturated rings. The van der Waals surface area contributed by atoms with Gasteiger partial charge in [0, 0.05) is 51.0 Å². The third kappa shape index (κ3) is 4.71. The van der Waals surface area contributed by atoms with Crippen molar-refractivity contribution in [2.75, 3.05) is 39.3 Å². The van der Waals surface area contributed by atoms with E-state index in [1.54, 1.807) is 15.8 Å². The largest absolute Gasteiger partial charge is 0.336 e. The highest BCUT2D eigenvalue weighted by Crippen LogP contribution is 2.25. The summed E-state index contributed by atoms with van der Waals surface area (Å²) in [5.74, 6) is -0.143. The second-order valence-electron chi connectivity index (χ2n) is 7.82. The van der Waals surface area contributed by atoms with E-state index >= 15 is 0 Å². The Balaban J connectivity index is 1.59. The molecular formula is C24H29N5O3S. The van der Waals surface area contributed by atoms with Gasteiger partial charge >= 0.3 is 0 Å². The molecule has 1 aromatic heterocycles. The highest BCUT2D eigenvalue weighted by atomic mass is 32.2. The molecule has 0 unspecified atom stereocenters. The number of hydrogen-bond donors (Lipinski definition) is 0. The normalized spacial score (nSPS) is 15.2. The van der Waals surface area contributed by atoms with E-state index in [0.717, 1.165) is 11.3 Å². The Morgan fingerprint density at radius 1 is 0.909 bits per heavy atom. The zero-order valence-corrected chi connectivity index (χ0v) is 19.8. The summed E-state index contributed by atoms with van der Waals surface area (Å²) in [6.45, 7) is 5.74.